The molecule has 1 aliphatic rings. The van der Waals surface area contributed by atoms with Gasteiger partial charge in [0.1, 0.15) is 23.8 Å². The van der Waals surface area contributed by atoms with Gasteiger partial charge in [0.2, 0.25) is 0 Å². The summed E-state index contributed by atoms with van der Waals surface area (Å²) in [5, 5.41) is 1.06. The van der Waals surface area contributed by atoms with Crippen molar-refractivity contribution >= 4 is 27.6 Å². The Kier molecular flexibility index (Phi) is 4.40. The Morgan fingerprint density at radius 1 is 0.966 bits per heavy atom. The Bertz CT molecular complexity index is 1240. The largest absolute Gasteiger partial charge is 0.353 e. The molecule has 29 heavy (non-hydrogen) atoms. The number of para-hydroxylation sites is 1. The summed E-state index contributed by atoms with van der Waals surface area (Å²) in [6, 6.07) is 12.2. The molecule has 146 valence electrons. The van der Waals surface area contributed by atoms with Gasteiger partial charge in [-0.15, -0.1) is 0 Å². The summed E-state index contributed by atoms with van der Waals surface area (Å²) in [6.45, 7) is 3.50. The van der Waals surface area contributed by atoms with Crippen LogP contribution in [0.4, 0.5) is 10.2 Å². The third kappa shape index (κ3) is 3.31. The highest BCUT2D eigenvalue weighted by atomic mass is 19.1. The molecule has 0 amide bonds. The number of nitrogens with one attached hydrogen (secondary N) is 1. The Labute approximate surface area is 165 Å². The van der Waals surface area contributed by atoms with Crippen LogP contribution in [-0.2, 0) is 6.54 Å². The lowest BCUT2D eigenvalue weighted by molar-refractivity contribution is 0.243. The first-order valence-corrected chi connectivity index (χ1v) is 9.53. The normalized spacial score (nSPS) is 15.3. The minimum atomic E-state index is -0.307. The van der Waals surface area contributed by atoms with Gasteiger partial charge in [-0.25, -0.2) is 19.3 Å². The van der Waals surface area contributed by atoms with E-state index in [2.05, 4.69) is 29.7 Å². The Balaban J connectivity index is 1.33. The van der Waals surface area contributed by atoms with Crippen LogP contribution in [0.15, 0.2) is 53.6 Å². The summed E-state index contributed by atoms with van der Waals surface area (Å²) in [5.41, 5.74) is 1.19. The number of aromatic nitrogens is 4. The van der Waals surface area contributed by atoms with Crippen molar-refractivity contribution in [3.63, 3.8) is 0 Å². The van der Waals surface area contributed by atoms with E-state index >= 15 is 0 Å². The molecule has 5 rings (SSSR count). The fourth-order valence-corrected chi connectivity index (χ4v) is 3.83. The van der Waals surface area contributed by atoms with Gasteiger partial charge in [-0.3, -0.25) is 9.69 Å². The van der Waals surface area contributed by atoms with Crippen molar-refractivity contribution in [3.05, 3.63) is 70.8 Å². The van der Waals surface area contributed by atoms with Crippen molar-refractivity contribution in [1.29, 1.82) is 0 Å². The minimum absolute atomic E-state index is 0.118. The average Bonchev–Trinajstić information content (AvgIpc) is 2.74. The van der Waals surface area contributed by atoms with Gasteiger partial charge in [0, 0.05) is 26.2 Å². The van der Waals surface area contributed by atoms with E-state index in [9.17, 15) is 9.18 Å². The maximum absolute atomic E-state index is 14.4. The lowest BCUT2D eigenvalue weighted by Crippen LogP contribution is -2.46. The second-order valence-electron chi connectivity index (χ2n) is 7.12. The van der Waals surface area contributed by atoms with Gasteiger partial charge in [0.15, 0.2) is 0 Å². The molecule has 1 aliphatic heterocycles. The smallest absolute Gasteiger partial charge is 0.258 e. The van der Waals surface area contributed by atoms with Crippen LogP contribution in [0.5, 0.6) is 0 Å². The van der Waals surface area contributed by atoms with E-state index in [4.69, 9.17) is 0 Å². The second-order valence-corrected chi connectivity index (χ2v) is 7.12. The number of anilines is 1. The summed E-state index contributed by atoms with van der Waals surface area (Å²) in [6.07, 6.45) is 1.48. The molecular formula is C21H19FN6O. The number of hydrogen-bond acceptors (Lipinski definition) is 6. The summed E-state index contributed by atoms with van der Waals surface area (Å²) < 4.78 is 14.4. The molecule has 8 heteroatoms. The number of fused-ring (bicyclic) bond motifs is 2. The zero-order valence-electron chi connectivity index (χ0n) is 15.7. The van der Waals surface area contributed by atoms with Gasteiger partial charge < -0.3 is 9.88 Å². The second kappa shape index (κ2) is 7.21. The SMILES string of the molecule is O=c1[nH]c(CN2CCN(c3ncnc4cccc(F)c34)CC2)nc2ccccc12. The van der Waals surface area contributed by atoms with E-state index in [0.717, 1.165) is 13.1 Å². The Hall–Kier alpha value is -3.39. The topological polar surface area (TPSA) is 78.0 Å². The van der Waals surface area contributed by atoms with Crippen molar-refractivity contribution in [2.45, 2.75) is 6.54 Å². The van der Waals surface area contributed by atoms with E-state index < -0.39 is 0 Å². The number of piperazine rings is 1. The van der Waals surface area contributed by atoms with Crippen LogP contribution in [0.2, 0.25) is 0 Å². The number of rotatable bonds is 3. The first kappa shape index (κ1) is 17.7. The van der Waals surface area contributed by atoms with Gasteiger partial charge in [0.25, 0.3) is 5.56 Å². The van der Waals surface area contributed by atoms with E-state index in [1.54, 1.807) is 18.2 Å². The minimum Gasteiger partial charge on any atom is -0.353 e. The molecule has 0 spiro atoms. The van der Waals surface area contributed by atoms with Crippen LogP contribution in [0.1, 0.15) is 5.82 Å². The molecule has 2 aromatic heterocycles. The van der Waals surface area contributed by atoms with Gasteiger partial charge in [-0.05, 0) is 24.3 Å². The Morgan fingerprint density at radius 3 is 2.62 bits per heavy atom. The van der Waals surface area contributed by atoms with Crippen molar-refractivity contribution in [3.8, 4) is 0 Å². The third-order valence-electron chi connectivity index (χ3n) is 5.30. The standard InChI is InChI=1S/C21H19FN6O/c22-15-5-3-7-17-19(15)20(24-13-23-17)28-10-8-27(9-11-28)12-18-25-16-6-2-1-4-14(16)21(29)26-18/h1-7,13H,8-12H2,(H,25,26,29). The van der Waals surface area contributed by atoms with Crippen LogP contribution >= 0.6 is 0 Å². The number of nitrogens with zero attached hydrogens (tertiary/aromatic N) is 5. The van der Waals surface area contributed by atoms with E-state index in [0.29, 0.717) is 53.1 Å². The summed E-state index contributed by atoms with van der Waals surface area (Å²) in [7, 11) is 0. The van der Waals surface area contributed by atoms with E-state index in [1.165, 1.54) is 12.4 Å². The highest BCUT2D eigenvalue weighted by Crippen LogP contribution is 2.26. The number of halogens is 1. The number of aromatic amines is 1. The van der Waals surface area contributed by atoms with E-state index in [-0.39, 0.29) is 11.4 Å². The van der Waals surface area contributed by atoms with Gasteiger partial charge in [-0.1, -0.05) is 18.2 Å². The first-order chi connectivity index (χ1) is 14.2. The van der Waals surface area contributed by atoms with Crippen molar-refractivity contribution in [2.24, 2.45) is 0 Å². The molecule has 3 heterocycles. The summed E-state index contributed by atoms with van der Waals surface area (Å²) in [4.78, 5) is 32.5. The molecular weight excluding hydrogens is 371 g/mol. The first-order valence-electron chi connectivity index (χ1n) is 9.53. The van der Waals surface area contributed by atoms with Crippen molar-refractivity contribution < 1.29 is 4.39 Å². The molecule has 4 aromatic rings. The zero-order valence-corrected chi connectivity index (χ0v) is 15.7. The number of H-pyrrole nitrogens is 1. The summed E-state index contributed by atoms with van der Waals surface area (Å²) >= 11 is 0. The molecule has 0 atom stereocenters. The van der Waals surface area contributed by atoms with Gasteiger partial charge >= 0.3 is 0 Å². The third-order valence-corrected chi connectivity index (χ3v) is 5.30. The number of hydrogen-bond donors (Lipinski definition) is 1. The average molecular weight is 390 g/mol. The monoisotopic (exact) mass is 390 g/mol. The molecule has 1 saturated heterocycles. The number of benzene rings is 2. The lowest BCUT2D eigenvalue weighted by Gasteiger charge is -2.35. The molecule has 1 fully saturated rings. The highest BCUT2D eigenvalue weighted by molar-refractivity contribution is 5.89. The van der Waals surface area contributed by atoms with Gasteiger partial charge in [-0.2, -0.15) is 0 Å². The maximum atomic E-state index is 14.4. The molecule has 0 radical (unpaired) electrons. The van der Waals surface area contributed by atoms with E-state index in [1.807, 2.05) is 18.2 Å². The maximum Gasteiger partial charge on any atom is 0.258 e. The van der Waals surface area contributed by atoms with Gasteiger partial charge in [0.05, 0.1) is 28.4 Å². The van der Waals surface area contributed by atoms with Crippen LogP contribution in [0, 0.1) is 5.82 Å². The fourth-order valence-electron chi connectivity index (χ4n) is 3.83. The fraction of sp³-hybridized carbons (Fsp3) is 0.238. The zero-order chi connectivity index (χ0) is 19.8. The van der Waals surface area contributed by atoms with Crippen LogP contribution in [0.25, 0.3) is 21.8 Å². The molecule has 1 N–H and O–H groups in total. The van der Waals surface area contributed by atoms with Crippen LogP contribution in [-0.4, -0.2) is 51.0 Å². The molecule has 0 bridgehead atoms. The lowest BCUT2D eigenvalue weighted by atomic mass is 10.2. The predicted molar refractivity (Wildman–Crippen MR) is 109 cm³/mol. The van der Waals surface area contributed by atoms with Crippen molar-refractivity contribution in [2.75, 3.05) is 31.1 Å². The molecule has 0 saturated carbocycles. The van der Waals surface area contributed by atoms with Crippen LogP contribution < -0.4 is 10.5 Å². The van der Waals surface area contributed by atoms with Crippen molar-refractivity contribution in [1.82, 2.24) is 24.8 Å². The van der Waals surface area contributed by atoms with Crippen LogP contribution in [0.3, 0.4) is 0 Å². The summed E-state index contributed by atoms with van der Waals surface area (Å²) in [5.74, 6) is 0.976. The molecule has 7 nitrogen and oxygen atoms in total. The molecule has 0 aliphatic carbocycles. The Morgan fingerprint density at radius 2 is 1.76 bits per heavy atom. The highest BCUT2D eigenvalue weighted by Gasteiger charge is 2.22. The molecule has 2 aromatic carbocycles. The molecule has 0 unspecified atom stereocenters. The predicted octanol–water partition coefficient (Wildman–Crippen LogP) is 2.33. The quantitative estimate of drug-likeness (QED) is 0.579.